The Morgan fingerprint density at radius 3 is 2.74 bits per heavy atom. The monoisotopic (exact) mass is 325 g/mol. The minimum absolute atomic E-state index is 0.626. The lowest BCUT2D eigenvalue weighted by atomic mass is 10.2. The number of hydrogen-bond acceptors (Lipinski definition) is 2. The second kappa shape index (κ2) is 8.39. The molecule has 0 aliphatic rings. The first-order chi connectivity index (χ1) is 8.99. The fraction of sp³-hybridized carbons (Fsp3) is 0.500. The van der Waals surface area contributed by atoms with Crippen molar-refractivity contribution in [1.29, 1.82) is 0 Å². The third-order valence-electron chi connectivity index (χ3n) is 2.62. The molecule has 1 aromatic carbocycles. The van der Waals surface area contributed by atoms with E-state index in [-0.39, 0.29) is 0 Å². The molecule has 3 heteroatoms. The topological polar surface area (TPSA) is 21.3 Å². The summed E-state index contributed by atoms with van der Waals surface area (Å²) in [4.78, 5) is 0. The molecule has 1 rings (SSSR count). The SMILES string of the molecule is CC(C)=CCOc1ccc(Br)cc1CNCC(C)C. The van der Waals surface area contributed by atoms with E-state index in [9.17, 15) is 0 Å². The van der Waals surface area contributed by atoms with Crippen LogP contribution >= 0.6 is 15.9 Å². The normalized spacial score (nSPS) is 10.6. The van der Waals surface area contributed by atoms with E-state index >= 15 is 0 Å². The van der Waals surface area contributed by atoms with Crippen molar-refractivity contribution >= 4 is 15.9 Å². The van der Waals surface area contributed by atoms with E-state index in [1.165, 1.54) is 11.1 Å². The molecule has 0 saturated carbocycles. The molecule has 0 fully saturated rings. The first kappa shape index (κ1) is 16.3. The third kappa shape index (κ3) is 6.79. The van der Waals surface area contributed by atoms with Gasteiger partial charge in [0.15, 0.2) is 0 Å². The van der Waals surface area contributed by atoms with Crippen molar-refractivity contribution in [3.05, 3.63) is 39.9 Å². The molecule has 0 radical (unpaired) electrons. The smallest absolute Gasteiger partial charge is 0.124 e. The maximum atomic E-state index is 5.82. The van der Waals surface area contributed by atoms with Gasteiger partial charge in [-0.25, -0.2) is 0 Å². The maximum Gasteiger partial charge on any atom is 0.124 e. The molecule has 0 amide bonds. The van der Waals surface area contributed by atoms with E-state index in [0.717, 1.165) is 23.3 Å². The van der Waals surface area contributed by atoms with Gasteiger partial charge in [0.1, 0.15) is 12.4 Å². The molecule has 0 aromatic heterocycles. The Bertz CT molecular complexity index is 423. The van der Waals surface area contributed by atoms with Gasteiger partial charge in [-0.1, -0.05) is 35.4 Å². The standard InChI is InChI=1S/C16H24BrNO/c1-12(2)7-8-19-16-6-5-15(17)9-14(16)11-18-10-13(3)4/h5-7,9,13,18H,8,10-11H2,1-4H3. The Hall–Kier alpha value is -0.800. The van der Waals surface area contributed by atoms with Crippen molar-refractivity contribution in [2.75, 3.05) is 13.2 Å². The van der Waals surface area contributed by atoms with Gasteiger partial charge in [-0.2, -0.15) is 0 Å². The van der Waals surface area contributed by atoms with Crippen LogP contribution in [0.25, 0.3) is 0 Å². The van der Waals surface area contributed by atoms with Gasteiger partial charge in [0.25, 0.3) is 0 Å². The summed E-state index contributed by atoms with van der Waals surface area (Å²) in [7, 11) is 0. The van der Waals surface area contributed by atoms with Crippen LogP contribution in [0.3, 0.4) is 0 Å². The molecule has 1 aromatic rings. The highest BCUT2D eigenvalue weighted by Gasteiger charge is 2.04. The van der Waals surface area contributed by atoms with Gasteiger partial charge in [0.2, 0.25) is 0 Å². The van der Waals surface area contributed by atoms with Crippen molar-refractivity contribution in [2.24, 2.45) is 5.92 Å². The number of halogens is 1. The molecule has 0 aliphatic carbocycles. The molecule has 1 N–H and O–H groups in total. The molecule has 0 aliphatic heterocycles. The molecule has 0 atom stereocenters. The average Bonchev–Trinajstić information content (AvgIpc) is 2.31. The van der Waals surface area contributed by atoms with E-state index in [0.29, 0.717) is 12.5 Å². The minimum atomic E-state index is 0.626. The summed E-state index contributed by atoms with van der Waals surface area (Å²) < 4.78 is 6.91. The highest BCUT2D eigenvalue weighted by atomic mass is 79.9. The lowest BCUT2D eigenvalue weighted by Gasteiger charge is -2.13. The van der Waals surface area contributed by atoms with Gasteiger partial charge < -0.3 is 10.1 Å². The predicted octanol–water partition coefficient (Wildman–Crippen LogP) is 4.54. The predicted molar refractivity (Wildman–Crippen MR) is 85.6 cm³/mol. The second-order valence-electron chi connectivity index (χ2n) is 5.37. The number of benzene rings is 1. The van der Waals surface area contributed by atoms with Gasteiger partial charge in [-0.15, -0.1) is 0 Å². The number of nitrogens with one attached hydrogen (secondary N) is 1. The number of rotatable bonds is 7. The molecule has 0 saturated heterocycles. The Labute approximate surface area is 125 Å². The van der Waals surface area contributed by atoms with E-state index in [4.69, 9.17) is 4.74 Å². The highest BCUT2D eigenvalue weighted by molar-refractivity contribution is 9.10. The molecule has 0 heterocycles. The van der Waals surface area contributed by atoms with E-state index in [1.54, 1.807) is 0 Å². The average molecular weight is 326 g/mol. The summed E-state index contributed by atoms with van der Waals surface area (Å²) in [5, 5.41) is 3.45. The largest absolute Gasteiger partial charge is 0.489 e. The van der Waals surface area contributed by atoms with E-state index in [1.807, 2.05) is 12.1 Å². The maximum absolute atomic E-state index is 5.82. The zero-order valence-electron chi connectivity index (χ0n) is 12.3. The summed E-state index contributed by atoms with van der Waals surface area (Å²) in [6.45, 7) is 11.1. The molecular formula is C16H24BrNO. The Balaban J connectivity index is 2.65. The molecule has 106 valence electrons. The summed E-state index contributed by atoms with van der Waals surface area (Å²) in [5.74, 6) is 1.61. The lowest BCUT2D eigenvalue weighted by Crippen LogP contribution is -2.19. The highest BCUT2D eigenvalue weighted by Crippen LogP contribution is 2.23. The first-order valence-corrected chi connectivity index (χ1v) is 7.53. The summed E-state index contributed by atoms with van der Waals surface area (Å²) in [6.07, 6.45) is 2.09. The molecule has 19 heavy (non-hydrogen) atoms. The Morgan fingerprint density at radius 2 is 2.11 bits per heavy atom. The van der Waals surface area contributed by atoms with E-state index < -0.39 is 0 Å². The van der Waals surface area contributed by atoms with Gasteiger partial charge in [0.05, 0.1) is 0 Å². The van der Waals surface area contributed by atoms with Crippen LogP contribution in [0.15, 0.2) is 34.3 Å². The van der Waals surface area contributed by atoms with Crippen molar-refractivity contribution in [3.63, 3.8) is 0 Å². The molecule has 0 bridgehead atoms. The van der Waals surface area contributed by atoms with Gasteiger partial charge in [-0.3, -0.25) is 0 Å². The van der Waals surface area contributed by atoms with Crippen molar-refractivity contribution in [2.45, 2.75) is 34.2 Å². The third-order valence-corrected chi connectivity index (χ3v) is 3.11. The van der Waals surface area contributed by atoms with Crippen LogP contribution in [0.2, 0.25) is 0 Å². The van der Waals surface area contributed by atoms with Gasteiger partial charge in [-0.05, 0) is 50.6 Å². The van der Waals surface area contributed by atoms with Crippen molar-refractivity contribution in [1.82, 2.24) is 5.32 Å². The van der Waals surface area contributed by atoms with Crippen LogP contribution < -0.4 is 10.1 Å². The number of ether oxygens (including phenoxy) is 1. The summed E-state index contributed by atoms with van der Waals surface area (Å²) in [6, 6.07) is 6.16. The number of hydrogen-bond donors (Lipinski definition) is 1. The molecular weight excluding hydrogens is 302 g/mol. The zero-order valence-corrected chi connectivity index (χ0v) is 13.9. The van der Waals surface area contributed by atoms with Crippen molar-refractivity contribution < 1.29 is 4.74 Å². The van der Waals surface area contributed by atoms with E-state index in [2.05, 4.69) is 61.1 Å². The Kier molecular flexibility index (Phi) is 7.17. The lowest BCUT2D eigenvalue weighted by molar-refractivity contribution is 0.356. The zero-order chi connectivity index (χ0) is 14.3. The van der Waals surface area contributed by atoms with Crippen molar-refractivity contribution in [3.8, 4) is 5.75 Å². The fourth-order valence-corrected chi connectivity index (χ4v) is 2.03. The quantitative estimate of drug-likeness (QED) is 0.743. The van der Waals surface area contributed by atoms with Crippen LogP contribution in [-0.2, 0) is 6.54 Å². The van der Waals surface area contributed by atoms with Crippen LogP contribution in [-0.4, -0.2) is 13.2 Å². The summed E-state index contributed by atoms with van der Waals surface area (Å²) >= 11 is 3.51. The second-order valence-corrected chi connectivity index (χ2v) is 6.28. The Morgan fingerprint density at radius 1 is 1.37 bits per heavy atom. The van der Waals surface area contributed by atoms with Gasteiger partial charge >= 0.3 is 0 Å². The van der Waals surface area contributed by atoms with Crippen LogP contribution in [0, 0.1) is 5.92 Å². The van der Waals surface area contributed by atoms with Gasteiger partial charge in [0, 0.05) is 16.6 Å². The summed E-state index contributed by atoms with van der Waals surface area (Å²) in [5.41, 5.74) is 2.47. The molecule has 0 spiro atoms. The minimum Gasteiger partial charge on any atom is -0.489 e. The van der Waals surface area contributed by atoms with Crippen LogP contribution in [0.1, 0.15) is 33.3 Å². The first-order valence-electron chi connectivity index (χ1n) is 6.74. The van der Waals surface area contributed by atoms with Crippen LogP contribution in [0.4, 0.5) is 0 Å². The fourth-order valence-electron chi connectivity index (χ4n) is 1.62. The molecule has 0 unspecified atom stereocenters. The molecule has 2 nitrogen and oxygen atoms in total. The van der Waals surface area contributed by atoms with Crippen LogP contribution in [0.5, 0.6) is 5.75 Å². The number of allylic oxidation sites excluding steroid dienone is 1.